The van der Waals surface area contributed by atoms with Crippen molar-refractivity contribution in [2.24, 2.45) is 10.7 Å². The minimum absolute atomic E-state index is 0. The average molecular weight is 461 g/mol. The van der Waals surface area contributed by atoms with Crippen LogP contribution >= 0.6 is 24.0 Å². The average Bonchev–Trinajstić information content (AvgIpc) is 2.57. The lowest BCUT2D eigenvalue weighted by Crippen LogP contribution is -2.48. The van der Waals surface area contributed by atoms with E-state index in [-0.39, 0.29) is 36.1 Å². The Kier molecular flexibility index (Phi) is 9.54. The summed E-state index contributed by atoms with van der Waals surface area (Å²) in [6, 6.07) is 4.31. The number of aryl methyl sites for hydroxylation is 1. The lowest BCUT2D eigenvalue weighted by Gasteiger charge is -2.31. The first-order valence-corrected chi connectivity index (χ1v) is 8.48. The summed E-state index contributed by atoms with van der Waals surface area (Å²) in [6.45, 7) is 6.18. The van der Waals surface area contributed by atoms with Crippen molar-refractivity contribution in [1.82, 2.24) is 15.2 Å². The largest absolute Gasteiger partial charge is 0.450 e. The number of aliphatic imine (C=N–C) groups is 1. The molecule has 2 heterocycles. The molecule has 0 spiro atoms. The predicted molar refractivity (Wildman–Crippen MR) is 109 cm³/mol. The number of piperidine rings is 1. The molecule has 0 atom stereocenters. The van der Waals surface area contributed by atoms with Crippen LogP contribution in [0.4, 0.5) is 4.79 Å². The van der Waals surface area contributed by atoms with Crippen LogP contribution in [0.2, 0.25) is 0 Å². The molecule has 1 amide bonds. The lowest BCUT2D eigenvalue weighted by atomic mass is 10.1. The normalized spacial score (nSPS) is 15.4. The van der Waals surface area contributed by atoms with Crippen molar-refractivity contribution in [3.05, 3.63) is 29.6 Å². The molecule has 140 valence electrons. The summed E-state index contributed by atoms with van der Waals surface area (Å²) >= 11 is 0. The van der Waals surface area contributed by atoms with Crippen molar-refractivity contribution in [2.75, 3.05) is 26.2 Å². The first-order chi connectivity index (χ1) is 11.6. The van der Waals surface area contributed by atoms with Gasteiger partial charge in [-0.1, -0.05) is 6.07 Å². The van der Waals surface area contributed by atoms with E-state index in [1.165, 1.54) is 0 Å². The van der Waals surface area contributed by atoms with Gasteiger partial charge >= 0.3 is 6.09 Å². The van der Waals surface area contributed by atoms with Crippen LogP contribution in [0.15, 0.2) is 23.3 Å². The fourth-order valence-corrected chi connectivity index (χ4v) is 2.63. The highest BCUT2D eigenvalue weighted by Crippen LogP contribution is 2.11. The zero-order valence-corrected chi connectivity index (χ0v) is 17.2. The molecule has 1 aromatic rings. The van der Waals surface area contributed by atoms with Crippen molar-refractivity contribution in [2.45, 2.75) is 39.2 Å². The molecule has 0 unspecified atom stereocenters. The van der Waals surface area contributed by atoms with Crippen LogP contribution in [0.25, 0.3) is 0 Å². The minimum atomic E-state index is -0.232. The number of amides is 1. The number of nitrogens with zero attached hydrogens (tertiary/aromatic N) is 3. The van der Waals surface area contributed by atoms with Crippen LogP contribution in [0.1, 0.15) is 31.0 Å². The molecule has 0 aliphatic carbocycles. The van der Waals surface area contributed by atoms with E-state index in [4.69, 9.17) is 10.5 Å². The van der Waals surface area contributed by atoms with Gasteiger partial charge in [-0.3, -0.25) is 9.98 Å². The van der Waals surface area contributed by atoms with Gasteiger partial charge in [0.05, 0.1) is 6.61 Å². The fraction of sp³-hybridized carbons (Fsp3) is 0.588. The molecule has 0 saturated carbocycles. The van der Waals surface area contributed by atoms with E-state index in [0.717, 1.165) is 30.5 Å². The molecule has 0 aromatic carbocycles. The van der Waals surface area contributed by atoms with Crippen molar-refractivity contribution in [1.29, 1.82) is 0 Å². The molecule has 8 heteroatoms. The third-order valence-electron chi connectivity index (χ3n) is 4.03. The number of aromatic nitrogens is 1. The van der Waals surface area contributed by atoms with Crippen LogP contribution in [-0.2, 0) is 11.2 Å². The standard InChI is InChI=1S/C17H27N5O2.HI/c1-3-24-17(23)22-10-7-15(8-11-22)21-16(18)19-9-6-14-5-4-13(2)20-12-14;/h4-5,12,15H,3,6-11H2,1-2H3,(H3,18,19,21);1H. The first-order valence-electron chi connectivity index (χ1n) is 8.48. The summed E-state index contributed by atoms with van der Waals surface area (Å²) in [5.74, 6) is 0.463. The van der Waals surface area contributed by atoms with E-state index in [0.29, 0.717) is 32.2 Å². The Bertz CT molecular complexity index is 557. The monoisotopic (exact) mass is 461 g/mol. The zero-order chi connectivity index (χ0) is 17.4. The van der Waals surface area contributed by atoms with Crippen LogP contribution in [0, 0.1) is 6.92 Å². The molecule has 1 fully saturated rings. The Morgan fingerprint density at radius 2 is 2.16 bits per heavy atom. The minimum Gasteiger partial charge on any atom is -0.450 e. The van der Waals surface area contributed by atoms with E-state index >= 15 is 0 Å². The van der Waals surface area contributed by atoms with Gasteiger partial charge in [0.15, 0.2) is 5.96 Å². The maximum Gasteiger partial charge on any atom is 0.409 e. The van der Waals surface area contributed by atoms with Crippen molar-refractivity contribution >= 4 is 36.0 Å². The summed E-state index contributed by atoms with van der Waals surface area (Å²) in [6.07, 6.45) is 4.15. The van der Waals surface area contributed by atoms with Crippen LogP contribution < -0.4 is 11.1 Å². The van der Waals surface area contributed by atoms with E-state index in [1.807, 2.05) is 26.1 Å². The van der Waals surface area contributed by atoms with Crippen molar-refractivity contribution in [3.63, 3.8) is 0 Å². The van der Waals surface area contributed by atoms with Gasteiger partial charge < -0.3 is 20.7 Å². The third-order valence-corrected chi connectivity index (χ3v) is 4.03. The highest BCUT2D eigenvalue weighted by atomic mass is 127. The quantitative estimate of drug-likeness (QED) is 0.398. The Balaban J connectivity index is 0.00000312. The molecule has 0 bridgehead atoms. The zero-order valence-electron chi connectivity index (χ0n) is 14.9. The van der Waals surface area contributed by atoms with Gasteiger partial charge in [0, 0.05) is 37.6 Å². The topological polar surface area (TPSA) is 92.8 Å². The Labute approximate surface area is 166 Å². The molecular weight excluding hydrogens is 433 g/mol. The molecule has 0 radical (unpaired) electrons. The van der Waals surface area contributed by atoms with Gasteiger partial charge in [-0.25, -0.2) is 4.79 Å². The fourth-order valence-electron chi connectivity index (χ4n) is 2.63. The molecule has 25 heavy (non-hydrogen) atoms. The van der Waals surface area contributed by atoms with Gasteiger partial charge in [0.1, 0.15) is 0 Å². The molecular formula is C17H28IN5O2. The highest BCUT2D eigenvalue weighted by molar-refractivity contribution is 14.0. The third kappa shape index (κ3) is 7.45. The summed E-state index contributed by atoms with van der Waals surface area (Å²) in [7, 11) is 0. The summed E-state index contributed by atoms with van der Waals surface area (Å²) in [5, 5.41) is 3.24. The van der Waals surface area contributed by atoms with Crippen LogP contribution in [0.3, 0.4) is 0 Å². The van der Waals surface area contributed by atoms with E-state index in [9.17, 15) is 4.79 Å². The van der Waals surface area contributed by atoms with E-state index in [1.54, 1.807) is 4.90 Å². The van der Waals surface area contributed by atoms with Gasteiger partial charge in [0.2, 0.25) is 0 Å². The lowest BCUT2D eigenvalue weighted by molar-refractivity contribution is 0.0963. The first kappa shape index (κ1) is 21.5. The second-order valence-electron chi connectivity index (χ2n) is 5.93. The second kappa shape index (κ2) is 11.1. The van der Waals surface area contributed by atoms with Crippen molar-refractivity contribution in [3.8, 4) is 0 Å². The Morgan fingerprint density at radius 3 is 2.76 bits per heavy atom. The second-order valence-corrected chi connectivity index (χ2v) is 5.93. The van der Waals surface area contributed by atoms with Gasteiger partial charge in [-0.2, -0.15) is 0 Å². The number of guanidine groups is 1. The van der Waals surface area contributed by atoms with Crippen molar-refractivity contribution < 1.29 is 9.53 Å². The Hall–Kier alpha value is -1.58. The Morgan fingerprint density at radius 1 is 1.44 bits per heavy atom. The van der Waals surface area contributed by atoms with E-state index in [2.05, 4.69) is 21.4 Å². The molecule has 2 rings (SSSR count). The van der Waals surface area contributed by atoms with Gasteiger partial charge in [-0.15, -0.1) is 24.0 Å². The number of carbonyl (C=O) groups excluding carboxylic acids is 1. The van der Waals surface area contributed by atoms with Gasteiger partial charge in [0.25, 0.3) is 0 Å². The SMILES string of the molecule is CCOC(=O)N1CCC(NC(N)=NCCc2ccc(C)nc2)CC1.I. The smallest absolute Gasteiger partial charge is 0.409 e. The molecule has 1 aliphatic rings. The predicted octanol–water partition coefficient (Wildman–Crippen LogP) is 2.08. The van der Waals surface area contributed by atoms with E-state index < -0.39 is 0 Å². The number of halogens is 1. The maximum atomic E-state index is 11.7. The van der Waals surface area contributed by atoms with Gasteiger partial charge in [-0.05, 0) is 44.7 Å². The molecule has 7 nitrogen and oxygen atoms in total. The number of hydrogen-bond acceptors (Lipinski definition) is 4. The molecule has 3 N–H and O–H groups in total. The number of rotatable bonds is 5. The molecule has 1 aromatic heterocycles. The maximum absolute atomic E-state index is 11.7. The number of carbonyl (C=O) groups is 1. The summed E-state index contributed by atoms with van der Waals surface area (Å²) in [5.41, 5.74) is 8.12. The molecule has 1 aliphatic heterocycles. The number of hydrogen-bond donors (Lipinski definition) is 2. The number of likely N-dealkylation sites (tertiary alicyclic amines) is 1. The number of nitrogens with one attached hydrogen (secondary N) is 1. The van der Waals surface area contributed by atoms with Crippen LogP contribution in [0.5, 0.6) is 0 Å². The number of pyridine rings is 1. The van der Waals surface area contributed by atoms with Crippen LogP contribution in [-0.4, -0.2) is 54.2 Å². The summed E-state index contributed by atoms with van der Waals surface area (Å²) in [4.78, 5) is 22.0. The molecule has 1 saturated heterocycles. The summed E-state index contributed by atoms with van der Waals surface area (Å²) < 4.78 is 5.01. The number of nitrogens with two attached hydrogens (primary N) is 1. The highest BCUT2D eigenvalue weighted by Gasteiger charge is 2.23. The number of ether oxygens (including phenoxy) is 1.